The van der Waals surface area contributed by atoms with Crippen molar-refractivity contribution in [3.05, 3.63) is 12.0 Å². The van der Waals surface area contributed by atoms with E-state index in [1.54, 1.807) is 0 Å². The minimum Gasteiger partial charge on any atom is -0.493 e. The molecule has 0 saturated heterocycles. The topological polar surface area (TPSA) is 48.9 Å². The predicted octanol–water partition coefficient (Wildman–Crippen LogP) is 1.22. The maximum Gasteiger partial charge on any atom is 0.396 e. The molecule has 0 atom stereocenters. The lowest BCUT2D eigenvalue weighted by Crippen LogP contribution is -2.12. The molecule has 0 spiro atoms. The van der Waals surface area contributed by atoms with Gasteiger partial charge in [0, 0.05) is 0 Å². The second-order valence-electron chi connectivity index (χ2n) is 2.01. The zero-order valence-corrected chi connectivity index (χ0v) is 5.31. The van der Waals surface area contributed by atoms with Crippen LogP contribution in [0.1, 0.15) is 5.82 Å². The number of nitrogens with one attached hydrogen (secondary N) is 1. The van der Waals surface area contributed by atoms with Crippen LogP contribution in [0.25, 0.3) is 0 Å². The Hall–Kier alpha value is -1.20. The van der Waals surface area contributed by atoms with Crippen LogP contribution in [0.3, 0.4) is 0 Å². The van der Waals surface area contributed by atoms with Crippen LogP contribution in [0.15, 0.2) is 6.20 Å². The lowest BCUT2D eigenvalue weighted by atomic mass is 10.4. The zero-order valence-electron chi connectivity index (χ0n) is 5.31. The molecule has 0 saturated carbocycles. The lowest BCUT2D eigenvalue weighted by molar-refractivity contribution is -0.128. The van der Waals surface area contributed by atoms with E-state index in [0.29, 0.717) is 0 Å². The molecule has 0 aromatic carbocycles. The number of imidazole rings is 1. The van der Waals surface area contributed by atoms with Gasteiger partial charge in [0.05, 0.1) is 6.20 Å². The van der Waals surface area contributed by atoms with Crippen molar-refractivity contribution in [2.24, 2.45) is 0 Å². The van der Waals surface area contributed by atoms with Crippen LogP contribution in [0, 0.1) is 0 Å². The normalized spacial score (nSPS) is 11.9. The van der Waals surface area contributed by atoms with Gasteiger partial charge in [-0.15, -0.1) is 0 Å². The average Bonchev–Trinajstić information content (AvgIpc) is 2.10. The molecule has 1 heterocycles. The summed E-state index contributed by atoms with van der Waals surface area (Å²) in [7, 11) is 0. The molecule has 0 aliphatic carbocycles. The van der Waals surface area contributed by atoms with Crippen molar-refractivity contribution >= 4 is 0 Å². The van der Waals surface area contributed by atoms with Gasteiger partial charge in [0.25, 0.3) is 0 Å². The van der Waals surface area contributed by atoms with Crippen LogP contribution < -0.4 is 0 Å². The standard InChI is InChI=1S/C5H5F3N2O/c6-5(7,8)1-3-9-2-4(11)10-3/h2,11H,1H2,(H,9,10). The molecule has 1 aromatic rings. The minimum atomic E-state index is -4.29. The number of halogens is 3. The van der Waals surface area contributed by atoms with Crippen LogP contribution in [0.4, 0.5) is 13.2 Å². The average molecular weight is 166 g/mol. The molecular weight excluding hydrogens is 161 g/mol. The van der Waals surface area contributed by atoms with Gasteiger partial charge in [-0.2, -0.15) is 13.2 Å². The molecule has 6 heteroatoms. The van der Waals surface area contributed by atoms with Crippen molar-refractivity contribution in [1.29, 1.82) is 0 Å². The Morgan fingerprint density at radius 3 is 2.55 bits per heavy atom. The van der Waals surface area contributed by atoms with Crippen LogP contribution in [-0.2, 0) is 6.42 Å². The Bertz CT molecular complexity index is 242. The van der Waals surface area contributed by atoms with E-state index >= 15 is 0 Å². The SMILES string of the molecule is Oc1cnc(CC(F)(F)F)[nH]1. The first-order chi connectivity index (χ1) is 4.97. The van der Waals surface area contributed by atoms with E-state index < -0.39 is 12.6 Å². The van der Waals surface area contributed by atoms with Crippen molar-refractivity contribution < 1.29 is 18.3 Å². The van der Waals surface area contributed by atoms with Gasteiger partial charge in [-0.3, -0.25) is 0 Å². The Kier molecular flexibility index (Phi) is 1.76. The van der Waals surface area contributed by atoms with Crippen molar-refractivity contribution in [1.82, 2.24) is 9.97 Å². The number of aromatic hydroxyl groups is 1. The molecule has 0 unspecified atom stereocenters. The highest BCUT2D eigenvalue weighted by Crippen LogP contribution is 2.20. The van der Waals surface area contributed by atoms with Gasteiger partial charge in [-0.1, -0.05) is 0 Å². The molecule has 0 radical (unpaired) electrons. The summed E-state index contributed by atoms with van der Waals surface area (Å²) < 4.78 is 34.8. The smallest absolute Gasteiger partial charge is 0.396 e. The number of rotatable bonds is 1. The van der Waals surface area contributed by atoms with Crippen LogP contribution in [0.5, 0.6) is 5.88 Å². The Morgan fingerprint density at radius 1 is 1.55 bits per heavy atom. The van der Waals surface area contributed by atoms with E-state index in [1.807, 2.05) is 0 Å². The molecule has 0 amide bonds. The van der Waals surface area contributed by atoms with E-state index in [0.717, 1.165) is 6.20 Å². The maximum atomic E-state index is 11.6. The summed E-state index contributed by atoms with van der Waals surface area (Å²) in [6, 6.07) is 0. The molecule has 0 fully saturated rings. The van der Waals surface area contributed by atoms with Gasteiger partial charge < -0.3 is 10.1 Å². The van der Waals surface area contributed by atoms with Gasteiger partial charge in [-0.25, -0.2) is 4.98 Å². The van der Waals surface area contributed by atoms with Crippen molar-refractivity contribution in [2.75, 3.05) is 0 Å². The first kappa shape index (κ1) is 7.90. The summed E-state index contributed by atoms with van der Waals surface area (Å²) >= 11 is 0. The maximum absolute atomic E-state index is 11.6. The summed E-state index contributed by atoms with van der Waals surface area (Å²) in [6.07, 6.45) is -4.50. The number of nitrogens with zero attached hydrogens (tertiary/aromatic N) is 1. The largest absolute Gasteiger partial charge is 0.493 e. The number of aromatic nitrogens is 2. The van der Waals surface area contributed by atoms with E-state index in [4.69, 9.17) is 5.11 Å². The Labute approximate surface area is 59.9 Å². The molecule has 0 aliphatic heterocycles. The second kappa shape index (κ2) is 2.44. The molecule has 1 aromatic heterocycles. The van der Waals surface area contributed by atoms with E-state index in [2.05, 4.69) is 9.97 Å². The van der Waals surface area contributed by atoms with Crippen molar-refractivity contribution in [2.45, 2.75) is 12.6 Å². The number of aromatic amines is 1. The number of alkyl halides is 3. The molecule has 11 heavy (non-hydrogen) atoms. The Balaban J connectivity index is 2.65. The second-order valence-corrected chi connectivity index (χ2v) is 2.01. The highest BCUT2D eigenvalue weighted by Gasteiger charge is 2.29. The first-order valence-corrected chi connectivity index (χ1v) is 2.77. The Morgan fingerprint density at radius 2 is 2.18 bits per heavy atom. The highest BCUT2D eigenvalue weighted by molar-refractivity contribution is 5.05. The van der Waals surface area contributed by atoms with Crippen molar-refractivity contribution in [3.8, 4) is 5.88 Å². The summed E-state index contributed by atoms with van der Waals surface area (Å²) in [5.41, 5.74) is 0. The summed E-state index contributed by atoms with van der Waals surface area (Å²) in [5, 5.41) is 8.56. The van der Waals surface area contributed by atoms with E-state index in [-0.39, 0.29) is 11.7 Å². The van der Waals surface area contributed by atoms with Gasteiger partial charge in [0.1, 0.15) is 12.2 Å². The monoisotopic (exact) mass is 166 g/mol. The minimum absolute atomic E-state index is 0.282. The van der Waals surface area contributed by atoms with E-state index in [1.165, 1.54) is 0 Å². The first-order valence-electron chi connectivity index (χ1n) is 2.77. The van der Waals surface area contributed by atoms with Crippen LogP contribution >= 0.6 is 0 Å². The molecule has 62 valence electrons. The number of hydrogen-bond acceptors (Lipinski definition) is 2. The van der Waals surface area contributed by atoms with E-state index in [9.17, 15) is 13.2 Å². The van der Waals surface area contributed by atoms with Gasteiger partial charge in [0.2, 0.25) is 5.88 Å². The van der Waals surface area contributed by atoms with Gasteiger partial charge in [-0.05, 0) is 0 Å². The highest BCUT2D eigenvalue weighted by atomic mass is 19.4. The zero-order chi connectivity index (χ0) is 8.48. The fourth-order valence-corrected chi connectivity index (χ4v) is 0.631. The molecule has 1 rings (SSSR count). The third kappa shape index (κ3) is 2.48. The quantitative estimate of drug-likeness (QED) is 0.658. The number of H-pyrrole nitrogens is 1. The predicted molar refractivity (Wildman–Crippen MR) is 30.0 cm³/mol. The number of hydrogen-bond donors (Lipinski definition) is 2. The van der Waals surface area contributed by atoms with Crippen LogP contribution in [-0.4, -0.2) is 21.3 Å². The summed E-state index contributed by atoms with van der Waals surface area (Å²) in [5.74, 6) is -0.640. The lowest BCUT2D eigenvalue weighted by Gasteiger charge is -2.01. The van der Waals surface area contributed by atoms with Gasteiger partial charge >= 0.3 is 6.18 Å². The fourth-order valence-electron chi connectivity index (χ4n) is 0.631. The van der Waals surface area contributed by atoms with Crippen molar-refractivity contribution in [3.63, 3.8) is 0 Å². The molecule has 3 nitrogen and oxygen atoms in total. The third-order valence-electron chi connectivity index (χ3n) is 0.983. The fraction of sp³-hybridized carbons (Fsp3) is 0.400. The molecular formula is C5H5F3N2O. The molecule has 0 bridgehead atoms. The molecule has 2 N–H and O–H groups in total. The van der Waals surface area contributed by atoms with Gasteiger partial charge in [0.15, 0.2) is 0 Å². The summed E-state index contributed by atoms with van der Waals surface area (Å²) in [6.45, 7) is 0. The molecule has 0 aliphatic rings. The summed E-state index contributed by atoms with van der Waals surface area (Å²) in [4.78, 5) is 5.33. The van der Waals surface area contributed by atoms with Crippen LogP contribution in [0.2, 0.25) is 0 Å². The third-order valence-corrected chi connectivity index (χ3v) is 0.983.